The number of aliphatic hydroxyl groups excluding tert-OH is 1. The number of carbonyl (C=O) groups excluding carboxylic acids is 4. The van der Waals surface area contributed by atoms with Crippen molar-refractivity contribution in [3.63, 3.8) is 0 Å². The molecule has 4 amide bonds. The average molecular weight is 704 g/mol. The molecule has 13 nitrogen and oxygen atoms in total. The van der Waals surface area contributed by atoms with Crippen LogP contribution < -0.4 is 26.0 Å². The molecule has 0 unspecified atom stereocenters. The number of nitrogens with one attached hydrogen (secondary N) is 5. The summed E-state index contributed by atoms with van der Waals surface area (Å²) in [5.41, 5.74) is 1.82. The lowest BCUT2D eigenvalue weighted by Gasteiger charge is -2.30. The quantitative estimate of drug-likeness (QED) is 0.107. The van der Waals surface area contributed by atoms with Crippen LogP contribution in [0.25, 0.3) is 0 Å². The van der Waals surface area contributed by atoms with Crippen molar-refractivity contribution in [1.82, 2.24) is 26.0 Å². The van der Waals surface area contributed by atoms with Crippen LogP contribution in [0.3, 0.4) is 0 Å². The van der Waals surface area contributed by atoms with Gasteiger partial charge in [0.1, 0.15) is 18.7 Å². The zero-order chi connectivity index (χ0) is 36.4. The molecular weight excluding hydrogens is 650 g/mol. The molecule has 0 heterocycles. The first kappa shape index (κ1) is 41.2. The molecule has 0 saturated carbocycles. The van der Waals surface area contributed by atoms with Crippen molar-refractivity contribution in [2.24, 2.45) is 11.8 Å². The second-order valence-electron chi connectivity index (χ2n) is 12.9. The largest absolute Gasteiger partial charge is 0.445 e. The molecule has 14 heteroatoms. The molecule has 0 radical (unpaired) electrons. The SMILES string of the molecule is CC(C)C[C@H](NC(=O)[C@@H](NC(=O)[C@H](CCCNS(C)(=O)=O)NC(=O)OCc1ccccc1)C(C)C)[C@@H](O)CC(=O)NCCc1ccccc1. The van der Waals surface area contributed by atoms with Gasteiger partial charge in [-0.3, -0.25) is 14.4 Å². The molecule has 0 aliphatic rings. The highest BCUT2D eigenvalue weighted by atomic mass is 32.2. The predicted molar refractivity (Wildman–Crippen MR) is 188 cm³/mol. The van der Waals surface area contributed by atoms with E-state index in [-0.39, 0.29) is 50.2 Å². The summed E-state index contributed by atoms with van der Waals surface area (Å²) >= 11 is 0. The van der Waals surface area contributed by atoms with Crippen LogP contribution in [0.1, 0.15) is 64.5 Å². The van der Waals surface area contributed by atoms with Gasteiger partial charge in [0, 0.05) is 13.1 Å². The van der Waals surface area contributed by atoms with Gasteiger partial charge >= 0.3 is 6.09 Å². The summed E-state index contributed by atoms with van der Waals surface area (Å²) in [4.78, 5) is 52.4. The zero-order valence-corrected chi connectivity index (χ0v) is 29.9. The Morgan fingerprint density at radius 1 is 0.816 bits per heavy atom. The van der Waals surface area contributed by atoms with E-state index in [0.717, 1.165) is 17.4 Å². The Labute approximate surface area is 290 Å². The molecule has 0 aromatic heterocycles. The number of rotatable bonds is 21. The molecule has 0 fully saturated rings. The summed E-state index contributed by atoms with van der Waals surface area (Å²) < 4.78 is 30.6. The fraction of sp³-hybridized carbons (Fsp3) is 0.543. The van der Waals surface area contributed by atoms with Gasteiger partial charge in [0.25, 0.3) is 0 Å². The molecule has 2 aromatic rings. The van der Waals surface area contributed by atoms with Gasteiger partial charge in [0.05, 0.1) is 24.8 Å². The number of hydrogen-bond acceptors (Lipinski definition) is 8. The summed E-state index contributed by atoms with van der Waals surface area (Å²) in [6.45, 7) is 7.75. The number of benzene rings is 2. The second kappa shape index (κ2) is 21.2. The van der Waals surface area contributed by atoms with E-state index in [2.05, 4.69) is 26.0 Å². The van der Waals surface area contributed by atoms with Crippen molar-refractivity contribution in [2.75, 3.05) is 19.3 Å². The Bertz CT molecular complexity index is 1420. The molecule has 272 valence electrons. The van der Waals surface area contributed by atoms with Gasteiger partial charge in [-0.2, -0.15) is 0 Å². The van der Waals surface area contributed by atoms with Crippen molar-refractivity contribution in [2.45, 2.75) is 90.6 Å². The van der Waals surface area contributed by atoms with Gasteiger partial charge in [-0.25, -0.2) is 17.9 Å². The summed E-state index contributed by atoms with van der Waals surface area (Å²) in [5.74, 6) is -1.88. The average Bonchev–Trinajstić information content (AvgIpc) is 3.03. The van der Waals surface area contributed by atoms with Crippen LogP contribution in [0, 0.1) is 11.8 Å². The van der Waals surface area contributed by atoms with Gasteiger partial charge in [0.2, 0.25) is 27.7 Å². The van der Waals surface area contributed by atoms with Crippen LogP contribution >= 0.6 is 0 Å². The Morgan fingerprint density at radius 2 is 1.43 bits per heavy atom. The minimum absolute atomic E-state index is 0.0295. The van der Waals surface area contributed by atoms with E-state index in [4.69, 9.17) is 4.74 Å². The number of sulfonamides is 1. The van der Waals surface area contributed by atoms with E-state index < -0.39 is 52.2 Å². The highest BCUT2D eigenvalue weighted by Crippen LogP contribution is 2.14. The highest BCUT2D eigenvalue weighted by Gasteiger charge is 2.32. The fourth-order valence-electron chi connectivity index (χ4n) is 5.02. The molecule has 4 atom stereocenters. The lowest BCUT2D eigenvalue weighted by molar-refractivity contribution is -0.132. The minimum atomic E-state index is -3.46. The van der Waals surface area contributed by atoms with Crippen molar-refractivity contribution in [3.05, 3.63) is 71.8 Å². The Hall–Kier alpha value is -4.01. The van der Waals surface area contributed by atoms with Gasteiger partial charge in [-0.1, -0.05) is 88.4 Å². The molecule has 0 bridgehead atoms. The van der Waals surface area contributed by atoms with E-state index in [1.807, 2.05) is 50.2 Å². The molecule has 0 aliphatic heterocycles. The summed E-state index contributed by atoms with van der Waals surface area (Å²) in [6.07, 6.45) is 0.0466. The molecule has 49 heavy (non-hydrogen) atoms. The van der Waals surface area contributed by atoms with E-state index in [1.165, 1.54) is 0 Å². The van der Waals surface area contributed by atoms with Gasteiger partial charge in [-0.15, -0.1) is 0 Å². The maximum Gasteiger partial charge on any atom is 0.408 e. The third-order valence-electron chi connectivity index (χ3n) is 7.59. The number of hydrogen-bond donors (Lipinski definition) is 6. The van der Waals surface area contributed by atoms with Crippen molar-refractivity contribution in [3.8, 4) is 0 Å². The van der Waals surface area contributed by atoms with Crippen molar-refractivity contribution >= 4 is 33.8 Å². The maximum atomic E-state index is 13.6. The predicted octanol–water partition coefficient (Wildman–Crippen LogP) is 2.39. The number of alkyl carbamates (subject to hydrolysis) is 1. The third-order valence-corrected chi connectivity index (χ3v) is 8.32. The Kier molecular flexibility index (Phi) is 17.8. The smallest absolute Gasteiger partial charge is 0.408 e. The molecule has 2 aromatic carbocycles. The fourth-order valence-corrected chi connectivity index (χ4v) is 5.53. The zero-order valence-electron chi connectivity index (χ0n) is 29.1. The van der Waals surface area contributed by atoms with E-state index in [9.17, 15) is 32.7 Å². The summed E-state index contributed by atoms with van der Waals surface area (Å²) in [7, 11) is -3.46. The molecular formula is C35H53N5O8S. The van der Waals surface area contributed by atoms with Crippen LogP contribution in [0.5, 0.6) is 0 Å². The number of ether oxygens (including phenoxy) is 1. The first-order valence-corrected chi connectivity index (χ1v) is 18.5. The monoisotopic (exact) mass is 703 g/mol. The molecule has 6 N–H and O–H groups in total. The second-order valence-corrected chi connectivity index (χ2v) is 14.7. The van der Waals surface area contributed by atoms with Crippen molar-refractivity contribution in [1.29, 1.82) is 0 Å². The lowest BCUT2D eigenvalue weighted by atomic mass is 9.95. The van der Waals surface area contributed by atoms with Gasteiger partial charge < -0.3 is 31.1 Å². The summed E-state index contributed by atoms with van der Waals surface area (Å²) in [5, 5.41) is 21.9. The molecule has 0 aliphatic carbocycles. The van der Waals surface area contributed by atoms with Crippen LogP contribution in [0.15, 0.2) is 60.7 Å². The molecule has 2 rings (SSSR count). The third kappa shape index (κ3) is 17.3. The van der Waals surface area contributed by atoms with Crippen LogP contribution in [-0.4, -0.2) is 80.9 Å². The van der Waals surface area contributed by atoms with Crippen LogP contribution in [-0.2, 0) is 42.2 Å². The minimum Gasteiger partial charge on any atom is -0.445 e. The summed E-state index contributed by atoms with van der Waals surface area (Å²) in [6, 6.07) is 15.7. The number of carbonyl (C=O) groups is 4. The van der Waals surface area contributed by atoms with Crippen molar-refractivity contribution < 1.29 is 37.4 Å². The van der Waals surface area contributed by atoms with Gasteiger partial charge in [-0.05, 0) is 48.6 Å². The highest BCUT2D eigenvalue weighted by molar-refractivity contribution is 7.88. The standard InChI is InChI=1S/C35H53N5O8S/c1-24(2)21-29(30(41)22-31(42)36-20-18-26-13-8-6-9-14-26)38-34(44)32(25(3)4)40-33(43)28(17-12-19-37-49(5,46)47)39-35(45)48-23-27-15-10-7-11-16-27/h6-11,13-16,24-25,28-30,32,37,41H,12,17-23H2,1-5H3,(H,36,42)(H,38,44)(H,39,45)(H,40,43)/t28-,29-,30-,32-/m0/s1. The molecule has 0 spiro atoms. The number of amides is 4. The first-order valence-electron chi connectivity index (χ1n) is 16.7. The van der Waals surface area contributed by atoms with E-state index in [1.54, 1.807) is 38.1 Å². The lowest BCUT2D eigenvalue weighted by Crippen LogP contribution is -2.58. The van der Waals surface area contributed by atoms with E-state index in [0.29, 0.717) is 19.4 Å². The maximum absolute atomic E-state index is 13.6. The number of aliphatic hydroxyl groups is 1. The molecule has 0 saturated heterocycles. The topological polar surface area (TPSA) is 192 Å². The first-order chi connectivity index (χ1) is 23.1. The van der Waals surface area contributed by atoms with Crippen LogP contribution in [0.4, 0.5) is 4.79 Å². The van der Waals surface area contributed by atoms with E-state index >= 15 is 0 Å². The Morgan fingerprint density at radius 3 is 2.00 bits per heavy atom. The Balaban J connectivity index is 2.06. The normalized spacial score (nSPS) is 14.0. The van der Waals surface area contributed by atoms with Gasteiger partial charge in [0.15, 0.2) is 0 Å². The van der Waals surface area contributed by atoms with Crippen LogP contribution in [0.2, 0.25) is 0 Å².